The number of nitrogens with one attached hydrogen (secondary N) is 2. The molecule has 174 valence electrons. The van der Waals surface area contributed by atoms with Gasteiger partial charge in [-0.15, -0.1) is 0 Å². The van der Waals surface area contributed by atoms with Crippen LogP contribution in [-0.4, -0.2) is 40.6 Å². The number of hydrogen-bond donors (Lipinski definition) is 2. The zero-order valence-electron chi connectivity index (χ0n) is 19.6. The summed E-state index contributed by atoms with van der Waals surface area (Å²) >= 11 is 0. The van der Waals surface area contributed by atoms with E-state index < -0.39 is 23.8 Å². The van der Waals surface area contributed by atoms with E-state index >= 15 is 0 Å². The van der Waals surface area contributed by atoms with Gasteiger partial charge in [0.1, 0.15) is 6.04 Å². The Hall–Kier alpha value is -3.48. The van der Waals surface area contributed by atoms with E-state index in [0.717, 1.165) is 16.9 Å². The van der Waals surface area contributed by atoms with Crippen molar-refractivity contribution >= 4 is 23.6 Å². The van der Waals surface area contributed by atoms with Crippen molar-refractivity contribution in [2.24, 2.45) is 5.92 Å². The number of hydrogen-bond acceptors (Lipinski definition) is 4. The molecule has 2 atom stereocenters. The Balaban J connectivity index is 1.73. The third kappa shape index (κ3) is 5.48. The van der Waals surface area contributed by atoms with Crippen molar-refractivity contribution < 1.29 is 19.2 Å². The monoisotopic (exact) mass is 449 g/mol. The molecular formula is C26H31N3O4. The Kier molecular flexibility index (Phi) is 7.63. The molecule has 4 amide bonds. The number of benzene rings is 2. The normalized spacial score (nSPS) is 14.8. The number of rotatable bonds is 9. The van der Waals surface area contributed by atoms with Crippen molar-refractivity contribution in [3.05, 3.63) is 70.8 Å². The lowest BCUT2D eigenvalue weighted by molar-refractivity contribution is -0.125. The highest BCUT2D eigenvalue weighted by atomic mass is 16.2. The molecular weight excluding hydrogens is 418 g/mol. The Morgan fingerprint density at radius 1 is 0.939 bits per heavy atom. The van der Waals surface area contributed by atoms with Crippen molar-refractivity contribution in [3.8, 4) is 0 Å². The summed E-state index contributed by atoms with van der Waals surface area (Å²) in [5, 5.41) is 5.78. The lowest BCUT2D eigenvalue weighted by Gasteiger charge is -2.26. The van der Waals surface area contributed by atoms with E-state index in [1.807, 2.05) is 33.8 Å². The van der Waals surface area contributed by atoms with E-state index in [9.17, 15) is 19.2 Å². The second kappa shape index (κ2) is 10.4. The van der Waals surface area contributed by atoms with Crippen LogP contribution < -0.4 is 10.6 Å². The van der Waals surface area contributed by atoms with Gasteiger partial charge in [-0.2, -0.15) is 0 Å². The van der Waals surface area contributed by atoms with E-state index in [1.165, 1.54) is 0 Å². The summed E-state index contributed by atoms with van der Waals surface area (Å²) in [6.45, 7) is 8.01. The first-order valence-electron chi connectivity index (χ1n) is 11.4. The van der Waals surface area contributed by atoms with Gasteiger partial charge in [-0.1, -0.05) is 45.0 Å². The van der Waals surface area contributed by atoms with Crippen molar-refractivity contribution in [1.29, 1.82) is 0 Å². The van der Waals surface area contributed by atoms with Crippen molar-refractivity contribution in [2.45, 2.75) is 59.2 Å². The predicted octanol–water partition coefficient (Wildman–Crippen LogP) is 3.54. The van der Waals surface area contributed by atoms with Crippen molar-refractivity contribution in [2.75, 3.05) is 0 Å². The highest BCUT2D eigenvalue weighted by Gasteiger charge is 2.42. The van der Waals surface area contributed by atoms with E-state index in [0.29, 0.717) is 23.1 Å². The van der Waals surface area contributed by atoms with Crippen LogP contribution in [0.5, 0.6) is 0 Å². The highest BCUT2D eigenvalue weighted by Crippen LogP contribution is 2.27. The highest BCUT2D eigenvalue weighted by molar-refractivity contribution is 6.22. The molecule has 0 fully saturated rings. The summed E-state index contributed by atoms with van der Waals surface area (Å²) in [7, 11) is 0. The molecule has 7 heteroatoms. The maximum absolute atomic E-state index is 13.1. The number of fused-ring (bicyclic) bond motifs is 1. The molecule has 1 aliphatic rings. The van der Waals surface area contributed by atoms with Crippen LogP contribution in [0.4, 0.5) is 0 Å². The first-order chi connectivity index (χ1) is 15.7. The minimum absolute atomic E-state index is 0.0670. The standard InChI is InChI=1S/C26H31N3O4/c1-5-17(4)28-23(30)19-10-8-9-18(14-19)15-27-24(31)22(13-16(2)3)29-25(32)20-11-6-7-12-21(20)26(29)33/h6-12,14,16-17,22H,5,13,15H2,1-4H3,(H,27,31)(H,28,30). The summed E-state index contributed by atoms with van der Waals surface area (Å²) < 4.78 is 0. The zero-order chi connectivity index (χ0) is 24.1. The zero-order valence-corrected chi connectivity index (χ0v) is 19.6. The molecule has 0 saturated heterocycles. The van der Waals surface area contributed by atoms with Gasteiger partial charge >= 0.3 is 0 Å². The summed E-state index contributed by atoms with van der Waals surface area (Å²) in [6, 6.07) is 12.8. The summed E-state index contributed by atoms with van der Waals surface area (Å²) in [4.78, 5) is 52.5. The second-order valence-corrected chi connectivity index (χ2v) is 8.87. The molecule has 0 radical (unpaired) electrons. The molecule has 0 bridgehead atoms. The third-order valence-electron chi connectivity index (χ3n) is 5.78. The number of carbonyl (C=O) groups excluding carboxylic acids is 4. The van der Waals surface area contributed by atoms with E-state index in [1.54, 1.807) is 42.5 Å². The van der Waals surface area contributed by atoms with Crippen LogP contribution in [0.25, 0.3) is 0 Å². The molecule has 1 aliphatic heterocycles. The van der Waals surface area contributed by atoms with E-state index in [2.05, 4.69) is 10.6 Å². The first-order valence-corrected chi connectivity index (χ1v) is 11.4. The molecule has 3 rings (SSSR count). The fourth-order valence-corrected chi connectivity index (χ4v) is 3.81. The Labute approximate surface area is 194 Å². The fraction of sp³-hybridized carbons (Fsp3) is 0.385. The Morgan fingerprint density at radius 2 is 1.58 bits per heavy atom. The van der Waals surface area contributed by atoms with Crippen LogP contribution in [0.15, 0.2) is 48.5 Å². The Morgan fingerprint density at radius 3 is 2.15 bits per heavy atom. The molecule has 0 aliphatic carbocycles. The van der Waals surface area contributed by atoms with Crippen molar-refractivity contribution in [1.82, 2.24) is 15.5 Å². The van der Waals surface area contributed by atoms with Gasteiger partial charge < -0.3 is 10.6 Å². The smallest absolute Gasteiger partial charge is 0.262 e. The molecule has 2 aromatic carbocycles. The minimum Gasteiger partial charge on any atom is -0.350 e. The lowest BCUT2D eigenvalue weighted by Crippen LogP contribution is -2.50. The maximum Gasteiger partial charge on any atom is 0.262 e. The number of amides is 4. The SMILES string of the molecule is CCC(C)NC(=O)c1cccc(CNC(=O)C(CC(C)C)N2C(=O)c3ccccc3C2=O)c1. The van der Waals surface area contributed by atoms with Crippen LogP contribution in [0, 0.1) is 5.92 Å². The van der Waals surface area contributed by atoms with Crippen LogP contribution in [0.3, 0.4) is 0 Å². The van der Waals surface area contributed by atoms with Crippen molar-refractivity contribution in [3.63, 3.8) is 0 Å². The van der Waals surface area contributed by atoms with Gasteiger partial charge in [-0.05, 0) is 55.5 Å². The third-order valence-corrected chi connectivity index (χ3v) is 5.78. The van der Waals surface area contributed by atoms with Gasteiger partial charge in [0.2, 0.25) is 5.91 Å². The topological polar surface area (TPSA) is 95.6 Å². The maximum atomic E-state index is 13.1. The lowest BCUT2D eigenvalue weighted by atomic mass is 10.0. The average molecular weight is 450 g/mol. The summed E-state index contributed by atoms with van der Waals surface area (Å²) in [5.41, 5.74) is 1.92. The van der Waals surface area contributed by atoms with Crippen LogP contribution in [-0.2, 0) is 11.3 Å². The molecule has 0 saturated carbocycles. The van der Waals surface area contributed by atoms with Crippen LogP contribution >= 0.6 is 0 Å². The van der Waals surface area contributed by atoms with Gasteiger partial charge in [0.05, 0.1) is 11.1 Å². The molecule has 7 nitrogen and oxygen atoms in total. The van der Waals surface area contributed by atoms with Gasteiger partial charge in [-0.25, -0.2) is 0 Å². The predicted molar refractivity (Wildman–Crippen MR) is 126 cm³/mol. The minimum atomic E-state index is -0.908. The largest absolute Gasteiger partial charge is 0.350 e. The molecule has 2 N–H and O–H groups in total. The van der Waals surface area contributed by atoms with Gasteiger partial charge in [0.15, 0.2) is 0 Å². The molecule has 2 aromatic rings. The van der Waals surface area contributed by atoms with Gasteiger partial charge in [-0.3, -0.25) is 24.1 Å². The molecule has 1 heterocycles. The van der Waals surface area contributed by atoms with Gasteiger partial charge in [0.25, 0.3) is 17.7 Å². The Bertz CT molecular complexity index is 1030. The number of carbonyl (C=O) groups is 4. The molecule has 0 spiro atoms. The molecule has 0 aromatic heterocycles. The first kappa shape index (κ1) is 24.2. The number of nitrogens with zero attached hydrogens (tertiary/aromatic N) is 1. The fourth-order valence-electron chi connectivity index (χ4n) is 3.81. The second-order valence-electron chi connectivity index (χ2n) is 8.87. The quantitative estimate of drug-likeness (QED) is 0.573. The molecule has 2 unspecified atom stereocenters. The van der Waals surface area contributed by atoms with Gasteiger partial charge in [0, 0.05) is 18.2 Å². The number of imide groups is 1. The van der Waals surface area contributed by atoms with Crippen LogP contribution in [0.1, 0.15) is 77.2 Å². The summed E-state index contributed by atoms with van der Waals surface area (Å²) in [6.07, 6.45) is 1.19. The summed E-state index contributed by atoms with van der Waals surface area (Å²) in [5.74, 6) is -1.35. The average Bonchev–Trinajstić information content (AvgIpc) is 3.06. The van der Waals surface area contributed by atoms with Crippen LogP contribution in [0.2, 0.25) is 0 Å². The van der Waals surface area contributed by atoms with E-state index in [-0.39, 0.29) is 24.4 Å². The van der Waals surface area contributed by atoms with E-state index in [4.69, 9.17) is 0 Å². The molecule has 33 heavy (non-hydrogen) atoms.